The van der Waals surface area contributed by atoms with Crippen LogP contribution < -0.4 is 5.32 Å². The molecule has 1 saturated heterocycles. The predicted molar refractivity (Wildman–Crippen MR) is 125 cm³/mol. The number of hydrogen-bond donors (Lipinski definition) is 1. The summed E-state index contributed by atoms with van der Waals surface area (Å²) in [6, 6.07) is 4.28. The number of hydrogen-bond acceptors (Lipinski definition) is 7. The molecule has 30 heavy (non-hydrogen) atoms. The number of thiophene rings is 2. The van der Waals surface area contributed by atoms with E-state index in [1.54, 1.807) is 22.7 Å². The van der Waals surface area contributed by atoms with E-state index < -0.39 is 0 Å². The monoisotopic (exact) mass is 438 g/mol. The molecule has 0 spiro atoms. The van der Waals surface area contributed by atoms with E-state index in [1.807, 2.05) is 17.9 Å². The lowest BCUT2D eigenvalue weighted by Gasteiger charge is -2.25. The minimum atomic E-state index is 0.820. The maximum atomic E-state index is 5.00. The Morgan fingerprint density at radius 2 is 2.03 bits per heavy atom. The molecule has 0 aromatic carbocycles. The molecule has 0 bridgehead atoms. The van der Waals surface area contributed by atoms with Gasteiger partial charge in [0.2, 0.25) is 0 Å². The third-order valence-electron chi connectivity index (χ3n) is 5.54. The van der Waals surface area contributed by atoms with Crippen molar-refractivity contribution in [1.82, 2.24) is 24.6 Å². The Bertz CT molecular complexity index is 1110. The van der Waals surface area contributed by atoms with E-state index >= 15 is 0 Å². The quantitative estimate of drug-likeness (QED) is 0.449. The molecule has 0 unspecified atom stereocenters. The van der Waals surface area contributed by atoms with Gasteiger partial charge >= 0.3 is 0 Å². The molecule has 1 aliphatic rings. The Morgan fingerprint density at radius 3 is 2.80 bits per heavy atom. The number of fused-ring (bicyclic) bond motifs is 1. The summed E-state index contributed by atoms with van der Waals surface area (Å²) in [6.07, 6.45) is 8.81. The van der Waals surface area contributed by atoms with Crippen LogP contribution in [0.3, 0.4) is 0 Å². The normalized spacial score (nSPS) is 15.1. The average Bonchev–Trinajstić information content (AvgIpc) is 3.49. The van der Waals surface area contributed by atoms with Gasteiger partial charge in [0.05, 0.1) is 18.1 Å². The number of piperidine rings is 1. The van der Waals surface area contributed by atoms with E-state index in [9.17, 15) is 0 Å². The van der Waals surface area contributed by atoms with Crippen LogP contribution in [-0.2, 0) is 20.0 Å². The van der Waals surface area contributed by atoms with Crippen molar-refractivity contribution in [2.75, 3.05) is 25.0 Å². The van der Waals surface area contributed by atoms with Crippen molar-refractivity contribution in [3.8, 4) is 10.4 Å². The van der Waals surface area contributed by atoms with Gasteiger partial charge in [-0.2, -0.15) is 5.10 Å². The second kappa shape index (κ2) is 8.83. The molecule has 4 aromatic heterocycles. The van der Waals surface area contributed by atoms with Crippen LogP contribution in [0.2, 0.25) is 0 Å². The van der Waals surface area contributed by atoms with Gasteiger partial charge in [-0.15, -0.1) is 22.7 Å². The summed E-state index contributed by atoms with van der Waals surface area (Å²) in [5, 5.41) is 13.4. The number of nitrogens with zero attached hydrogens (tertiary/aromatic N) is 5. The van der Waals surface area contributed by atoms with E-state index in [0.717, 1.165) is 54.5 Å². The van der Waals surface area contributed by atoms with Crippen molar-refractivity contribution in [1.29, 1.82) is 0 Å². The maximum Gasteiger partial charge on any atom is 0.146 e. The van der Waals surface area contributed by atoms with Gasteiger partial charge in [-0.1, -0.05) is 12.5 Å². The van der Waals surface area contributed by atoms with Gasteiger partial charge in [-0.25, -0.2) is 9.97 Å². The number of likely N-dealkylation sites (tertiary alicyclic amines) is 1. The van der Waals surface area contributed by atoms with Crippen LogP contribution in [-0.4, -0.2) is 44.3 Å². The molecule has 0 aliphatic carbocycles. The van der Waals surface area contributed by atoms with Crippen molar-refractivity contribution < 1.29 is 0 Å². The first-order chi connectivity index (χ1) is 14.8. The first-order valence-electron chi connectivity index (χ1n) is 10.5. The molecule has 1 N–H and O–H groups in total. The highest BCUT2D eigenvalue weighted by Crippen LogP contribution is 2.39. The van der Waals surface area contributed by atoms with Crippen LogP contribution in [0.15, 0.2) is 35.3 Å². The number of rotatable bonds is 7. The van der Waals surface area contributed by atoms with Gasteiger partial charge < -0.3 is 5.32 Å². The molecule has 8 heteroatoms. The Hall–Kier alpha value is -2.29. The molecule has 0 atom stereocenters. The second-order valence-corrected chi connectivity index (χ2v) is 9.64. The molecule has 1 fully saturated rings. The third-order valence-corrected chi connectivity index (χ3v) is 7.32. The van der Waals surface area contributed by atoms with Gasteiger partial charge in [-0.3, -0.25) is 9.58 Å². The van der Waals surface area contributed by atoms with E-state index in [2.05, 4.69) is 44.4 Å². The highest BCUT2D eigenvalue weighted by molar-refractivity contribution is 7.18. The van der Waals surface area contributed by atoms with Gasteiger partial charge in [-0.05, 0) is 49.4 Å². The molecule has 1 aliphatic heterocycles. The van der Waals surface area contributed by atoms with E-state index in [0.29, 0.717) is 0 Å². The van der Waals surface area contributed by atoms with Gasteiger partial charge in [0.1, 0.15) is 16.5 Å². The lowest BCUT2D eigenvalue weighted by molar-refractivity contribution is 0.216. The van der Waals surface area contributed by atoms with Crippen molar-refractivity contribution in [3.05, 3.63) is 46.7 Å². The van der Waals surface area contributed by atoms with Crippen LogP contribution in [0.5, 0.6) is 0 Å². The Morgan fingerprint density at radius 1 is 1.13 bits per heavy atom. The van der Waals surface area contributed by atoms with Crippen LogP contribution in [0.4, 0.5) is 5.82 Å². The molecule has 0 amide bonds. The minimum Gasteiger partial charge on any atom is -0.369 e. The lowest BCUT2D eigenvalue weighted by atomic mass is 10.1. The lowest BCUT2D eigenvalue weighted by Crippen LogP contribution is -2.30. The summed E-state index contributed by atoms with van der Waals surface area (Å²) in [6.45, 7) is 3.95. The molecule has 6 nitrogen and oxygen atoms in total. The smallest absolute Gasteiger partial charge is 0.146 e. The van der Waals surface area contributed by atoms with Crippen LogP contribution in [0, 0.1) is 0 Å². The van der Waals surface area contributed by atoms with Gasteiger partial charge in [0.25, 0.3) is 0 Å². The molecule has 156 valence electrons. The van der Waals surface area contributed by atoms with Crippen molar-refractivity contribution in [3.63, 3.8) is 0 Å². The molecule has 0 radical (unpaired) electrons. The first-order valence-corrected chi connectivity index (χ1v) is 12.3. The second-order valence-electron chi connectivity index (χ2n) is 7.83. The zero-order valence-corrected chi connectivity index (χ0v) is 18.8. The summed E-state index contributed by atoms with van der Waals surface area (Å²) in [5.41, 5.74) is 2.46. The van der Waals surface area contributed by atoms with Crippen molar-refractivity contribution >= 4 is 38.7 Å². The fraction of sp³-hybridized carbons (Fsp3) is 0.409. The third kappa shape index (κ3) is 4.26. The summed E-state index contributed by atoms with van der Waals surface area (Å²) in [4.78, 5) is 14.8. The zero-order chi connectivity index (χ0) is 20.3. The SMILES string of the molecule is Cn1cc(CCNc2nc(CN3CCCCC3)nc3scc(-c4cccs4)c23)cn1. The number of aromatic nitrogens is 4. The van der Waals surface area contributed by atoms with E-state index in [-0.39, 0.29) is 0 Å². The first kappa shape index (κ1) is 19.7. The minimum absolute atomic E-state index is 0.820. The fourth-order valence-corrected chi connectivity index (χ4v) is 5.82. The standard InChI is InChI=1S/C22H26N6S2/c1-27-13-16(12-24-27)7-8-23-21-20-17(18-6-5-11-29-18)15-30-22(20)26-19(25-21)14-28-9-3-2-4-10-28/h5-6,11-13,15H,2-4,7-10,14H2,1H3,(H,23,25,26). The number of anilines is 1. The van der Waals surface area contributed by atoms with E-state index in [4.69, 9.17) is 9.97 Å². The Balaban J connectivity index is 1.44. The van der Waals surface area contributed by atoms with Gasteiger partial charge in [0, 0.05) is 35.6 Å². The summed E-state index contributed by atoms with van der Waals surface area (Å²) < 4.78 is 1.85. The Kier molecular flexibility index (Phi) is 5.79. The average molecular weight is 439 g/mol. The molecule has 4 aromatic rings. The van der Waals surface area contributed by atoms with Crippen LogP contribution in [0.25, 0.3) is 20.7 Å². The topological polar surface area (TPSA) is 58.9 Å². The number of nitrogens with one attached hydrogen (secondary N) is 1. The molecular weight excluding hydrogens is 412 g/mol. The van der Waals surface area contributed by atoms with Crippen LogP contribution >= 0.6 is 22.7 Å². The van der Waals surface area contributed by atoms with Crippen molar-refractivity contribution in [2.24, 2.45) is 7.05 Å². The van der Waals surface area contributed by atoms with E-state index in [1.165, 1.54) is 35.3 Å². The fourth-order valence-electron chi connectivity index (χ4n) is 4.04. The summed E-state index contributed by atoms with van der Waals surface area (Å²) in [7, 11) is 1.95. The van der Waals surface area contributed by atoms with Gasteiger partial charge in [0.15, 0.2) is 0 Å². The summed E-state index contributed by atoms with van der Waals surface area (Å²) >= 11 is 3.48. The molecule has 0 saturated carbocycles. The molecular formula is C22H26N6S2. The summed E-state index contributed by atoms with van der Waals surface area (Å²) in [5.74, 6) is 1.88. The van der Waals surface area contributed by atoms with Crippen molar-refractivity contribution in [2.45, 2.75) is 32.2 Å². The molecule has 5 rings (SSSR count). The van der Waals surface area contributed by atoms with Crippen LogP contribution in [0.1, 0.15) is 30.7 Å². The zero-order valence-electron chi connectivity index (χ0n) is 17.2. The molecule has 5 heterocycles. The number of aryl methyl sites for hydroxylation is 1. The largest absolute Gasteiger partial charge is 0.369 e. The predicted octanol–water partition coefficient (Wildman–Crippen LogP) is 4.79. The Labute approximate surface area is 184 Å². The maximum absolute atomic E-state index is 5.00. The highest BCUT2D eigenvalue weighted by atomic mass is 32.1. The highest BCUT2D eigenvalue weighted by Gasteiger charge is 2.18.